The third-order valence-corrected chi connectivity index (χ3v) is 6.31. The van der Waals surface area contributed by atoms with E-state index in [1.54, 1.807) is 11.8 Å². The second-order valence-corrected chi connectivity index (χ2v) is 8.71. The first-order valence-electron chi connectivity index (χ1n) is 10.9. The standard InChI is InChI=1S/C25H25N5OS/c1-2-3-16-31-21-11-9-20(10-12-21)22-18-23-24-26-27-25(29(24)14-15-30(23)28-22)32-17-13-19-7-5-4-6-8-19/h4-12,14-15,18H,2-3,13,16-17H2,1H3. The Kier molecular flexibility index (Phi) is 6.07. The maximum atomic E-state index is 5.77. The molecule has 5 rings (SSSR count). The molecule has 0 atom stereocenters. The van der Waals surface area contributed by atoms with Crippen LogP contribution in [0.5, 0.6) is 5.75 Å². The van der Waals surface area contributed by atoms with Crippen molar-refractivity contribution in [1.82, 2.24) is 24.2 Å². The van der Waals surface area contributed by atoms with Crippen molar-refractivity contribution >= 4 is 22.9 Å². The van der Waals surface area contributed by atoms with E-state index in [-0.39, 0.29) is 0 Å². The molecule has 32 heavy (non-hydrogen) atoms. The van der Waals surface area contributed by atoms with Crippen LogP contribution in [0.25, 0.3) is 22.4 Å². The minimum Gasteiger partial charge on any atom is -0.494 e. The molecular weight excluding hydrogens is 418 g/mol. The number of unbranched alkanes of at least 4 members (excludes halogenated alkanes) is 1. The van der Waals surface area contributed by atoms with Gasteiger partial charge in [0.25, 0.3) is 0 Å². The zero-order valence-electron chi connectivity index (χ0n) is 18.0. The monoisotopic (exact) mass is 443 g/mol. The highest BCUT2D eigenvalue weighted by Gasteiger charge is 2.13. The first-order valence-corrected chi connectivity index (χ1v) is 11.9. The van der Waals surface area contributed by atoms with Gasteiger partial charge in [0.2, 0.25) is 0 Å². The topological polar surface area (TPSA) is 56.7 Å². The molecule has 0 amide bonds. The predicted octanol–water partition coefficient (Wildman–Crippen LogP) is 5.56. The van der Waals surface area contributed by atoms with E-state index in [1.165, 1.54) is 5.56 Å². The Morgan fingerprint density at radius 1 is 0.969 bits per heavy atom. The van der Waals surface area contributed by atoms with Crippen molar-refractivity contribution in [2.24, 2.45) is 0 Å². The van der Waals surface area contributed by atoms with E-state index in [0.717, 1.165) is 64.9 Å². The lowest BCUT2D eigenvalue weighted by Crippen LogP contribution is -1.96. The average Bonchev–Trinajstić information content (AvgIpc) is 3.45. The average molecular weight is 444 g/mol. The molecule has 0 aliphatic heterocycles. The third kappa shape index (κ3) is 4.34. The number of rotatable bonds is 9. The maximum absolute atomic E-state index is 5.77. The van der Waals surface area contributed by atoms with E-state index in [2.05, 4.69) is 59.6 Å². The lowest BCUT2D eigenvalue weighted by atomic mass is 10.1. The number of benzene rings is 2. The minimum absolute atomic E-state index is 0.751. The van der Waals surface area contributed by atoms with Crippen LogP contribution < -0.4 is 4.74 Å². The summed E-state index contributed by atoms with van der Waals surface area (Å²) in [4.78, 5) is 0. The van der Waals surface area contributed by atoms with Gasteiger partial charge >= 0.3 is 0 Å². The van der Waals surface area contributed by atoms with Crippen molar-refractivity contribution in [3.63, 3.8) is 0 Å². The van der Waals surface area contributed by atoms with Crippen molar-refractivity contribution in [2.75, 3.05) is 12.4 Å². The van der Waals surface area contributed by atoms with Gasteiger partial charge in [-0.1, -0.05) is 55.4 Å². The number of fused-ring (bicyclic) bond motifs is 3. The smallest absolute Gasteiger partial charge is 0.195 e. The second-order valence-electron chi connectivity index (χ2n) is 7.64. The third-order valence-electron chi connectivity index (χ3n) is 5.37. The number of aryl methyl sites for hydroxylation is 1. The summed E-state index contributed by atoms with van der Waals surface area (Å²) in [5.74, 6) is 1.84. The lowest BCUT2D eigenvalue weighted by Gasteiger charge is -2.05. The first kappa shape index (κ1) is 20.6. The molecule has 0 spiro atoms. The molecule has 0 bridgehead atoms. The molecule has 0 aliphatic carbocycles. The van der Waals surface area contributed by atoms with E-state index >= 15 is 0 Å². The fourth-order valence-electron chi connectivity index (χ4n) is 3.59. The van der Waals surface area contributed by atoms with Crippen LogP contribution in [0.1, 0.15) is 25.3 Å². The zero-order chi connectivity index (χ0) is 21.8. The quantitative estimate of drug-likeness (QED) is 0.221. The summed E-state index contributed by atoms with van der Waals surface area (Å²) in [6, 6.07) is 20.7. The van der Waals surface area contributed by atoms with Crippen LogP contribution in [0.2, 0.25) is 0 Å². The predicted molar refractivity (Wildman–Crippen MR) is 128 cm³/mol. The number of hydrogen-bond acceptors (Lipinski definition) is 5. The Hall–Kier alpha value is -3.32. The van der Waals surface area contributed by atoms with Gasteiger partial charge in [0.1, 0.15) is 11.3 Å². The SMILES string of the molecule is CCCCOc1ccc(-c2cc3c4nnc(SCCc5ccccc5)n4ccn3n2)cc1. The lowest BCUT2D eigenvalue weighted by molar-refractivity contribution is 0.309. The summed E-state index contributed by atoms with van der Waals surface area (Å²) in [6.45, 7) is 2.91. The normalized spacial score (nSPS) is 11.4. The summed E-state index contributed by atoms with van der Waals surface area (Å²) >= 11 is 1.72. The molecule has 0 unspecified atom stereocenters. The molecule has 0 saturated carbocycles. The van der Waals surface area contributed by atoms with Crippen LogP contribution in [-0.2, 0) is 6.42 Å². The van der Waals surface area contributed by atoms with Crippen molar-refractivity contribution in [1.29, 1.82) is 0 Å². The van der Waals surface area contributed by atoms with Crippen molar-refractivity contribution < 1.29 is 4.74 Å². The Bertz CT molecular complexity index is 1310. The number of thioether (sulfide) groups is 1. The highest BCUT2D eigenvalue weighted by Crippen LogP contribution is 2.26. The molecule has 0 radical (unpaired) electrons. The summed E-state index contributed by atoms with van der Waals surface area (Å²) in [6.07, 6.45) is 7.13. The Balaban J connectivity index is 1.34. The second kappa shape index (κ2) is 9.44. The summed E-state index contributed by atoms with van der Waals surface area (Å²) in [5.41, 5.74) is 5.03. The molecule has 0 aliphatic rings. The molecule has 0 saturated heterocycles. The first-order chi connectivity index (χ1) is 15.8. The molecule has 0 N–H and O–H groups in total. The van der Waals surface area contributed by atoms with E-state index in [0.29, 0.717) is 0 Å². The van der Waals surface area contributed by atoms with E-state index in [4.69, 9.17) is 9.84 Å². The Morgan fingerprint density at radius 2 is 1.81 bits per heavy atom. The van der Waals surface area contributed by atoms with E-state index < -0.39 is 0 Å². The van der Waals surface area contributed by atoms with E-state index in [9.17, 15) is 0 Å². The zero-order valence-corrected chi connectivity index (χ0v) is 18.8. The Labute approximate surface area is 191 Å². The number of hydrogen-bond donors (Lipinski definition) is 0. The van der Waals surface area contributed by atoms with Gasteiger partial charge < -0.3 is 4.74 Å². The van der Waals surface area contributed by atoms with Crippen LogP contribution in [0.15, 0.2) is 78.2 Å². The minimum atomic E-state index is 0.751. The van der Waals surface area contributed by atoms with Crippen LogP contribution in [0.3, 0.4) is 0 Å². The molecule has 5 aromatic rings. The van der Waals surface area contributed by atoms with Gasteiger partial charge in [-0.2, -0.15) is 5.10 Å². The number of ether oxygens (including phenoxy) is 1. The van der Waals surface area contributed by atoms with Gasteiger partial charge in [0.05, 0.1) is 12.3 Å². The van der Waals surface area contributed by atoms with Gasteiger partial charge in [0.15, 0.2) is 10.8 Å². The van der Waals surface area contributed by atoms with Crippen molar-refractivity contribution in [3.8, 4) is 17.0 Å². The van der Waals surface area contributed by atoms with Crippen LogP contribution >= 0.6 is 11.8 Å². The molecule has 3 aromatic heterocycles. The highest BCUT2D eigenvalue weighted by molar-refractivity contribution is 7.99. The molecule has 0 fully saturated rings. The molecule has 6 nitrogen and oxygen atoms in total. The molecular formula is C25H25N5OS. The fraction of sp³-hybridized carbons (Fsp3) is 0.240. The van der Waals surface area contributed by atoms with Crippen LogP contribution in [0.4, 0.5) is 0 Å². The van der Waals surface area contributed by atoms with E-state index in [1.807, 2.05) is 39.5 Å². The van der Waals surface area contributed by atoms with Crippen LogP contribution in [-0.4, -0.2) is 36.6 Å². The molecule has 162 valence electrons. The summed E-state index contributed by atoms with van der Waals surface area (Å²) in [5, 5.41) is 14.5. The van der Waals surface area contributed by atoms with Gasteiger partial charge in [-0.15, -0.1) is 10.2 Å². The number of nitrogens with zero attached hydrogens (tertiary/aromatic N) is 5. The summed E-state index contributed by atoms with van der Waals surface area (Å²) < 4.78 is 9.67. The van der Waals surface area contributed by atoms with Gasteiger partial charge in [-0.25, -0.2) is 4.52 Å². The largest absolute Gasteiger partial charge is 0.494 e. The van der Waals surface area contributed by atoms with Crippen molar-refractivity contribution in [3.05, 3.63) is 78.6 Å². The molecule has 2 aromatic carbocycles. The Morgan fingerprint density at radius 3 is 2.62 bits per heavy atom. The van der Waals surface area contributed by atoms with Gasteiger partial charge in [-0.05, 0) is 48.7 Å². The molecule has 3 heterocycles. The number of aromatic nitrogens is 5. The van der Waals surface area contributed by atoms with Gasteiger partial charge in [-0.3, -0.25) is 4.40 Å². The van der Waals surface area contributed by atoms with Crippen LogP contribution in [0, 0.1) is 0 Å². The fourth-order valence-corrected chi connectivity index (χ4v) is 4.50. The maximum Gasteiger partial charge on any atom is 0.195 e. The highest BCUT2D eigenvalue weighted by atomic mass is 32.2. The molecule has 7 heteroatoms. The van der Waals surface area contributed by atoms with Crippen molar-refractivity contribution in [2.45, 2.75) is 31.3 Å². The summed E-state index contributed by atoms with van der Waals surface area (Å²) in [7, 11) is 0. The van der Waals surface area contributed by atoms with Gasteiger partial charge in [0, 0.05) is 23.7 Å².